The third-order valence-electron chi connectivity index (χ3n) is 5.88. The fourth-order valence-corrected chi connectivity index (χ4v) is 4.38. The molecular formula is C24H18N6O3. The summed E-state index contributed by atoms with van der Waals surface area (Å²) >= 11 is 0. The Bertz CT molecular complexity index is 1380. The van der Waals surface area contributed by atoms with Gasteiger partial charge in [-0.2, -0.15) is 4.68 Å². The van der Waals surface area contributed by atoms with Crippen LogP contribution < -0.4 is 10.1 Å². The molecule has 9 nitrogen and oxygen atoms in total. The van der Waals surface area contributed by atoms with Gasteiger partial charge in [-0.1, -0.05) is 35.4 Å². The average Bonchev–Trinajstić information content (AvgIpc) is 3.35. The zero-order valence-electron chi connectivity index (χ0n) is 17.5. The second-order valence-electron chi connectivity index (χ2n) is 7.70. The lowest BCUT2D eigenvalue weighted by molar-refractivity contribution is 0.0600. The predicted octanol–water partition coefficient (Wildman–Crippen LogP) is 3.41. The van der Waals surface area contributed by atoms with Gasteiger partial charge < -0.3 is 14.8 Å². The Morgan fingerprint density at radius 1 is 1.06 bits per heavy atom. The van der Waals surface area contributed by atoms with Gasteiger partial charge in [-0.3, -0.25) is 4.98 Å². The summed E-state index contributed by atoms with van der Waals surface area (Å²) in [5.74, 6) is 0.901. The van der Waals surface area contributed by atoms with Crippen molar-refractivity contribution in [3.63, 3.8) is 0 Å². The van der Waals surface area contributed by atoms with Crippen molar-refractivity contribution < 1.29 is 14.3 Å². The normalized spacial score (nSPS) is 18.3. The minimum absolute atomic E-state index is 0.335. The Hall–Kier alpha value is -4.53. The van der Waals surface area contributed by atoms with Crippen molar-refractivity contribution in [2.45, 2.75) is 12.1 Å². The van der Waals surface area contributed by atoms with Gasteiger partial charge in [0.25, 0.3) is 0 Å². The number of esters is 1. The van der Waals surface area contributed by atoms with Crippen LogP contribution in [-0.2, 0) is 4.74 Å². The number of carbonyl (C=O) groups excluding carboxylic acids is 1. The molecule has 6 rings (SSSR count). The van der Waals surface area contributed by atoms with Crippen LogP contribution in [0.2, 0.25) is 0 Å². The van der Waals surface area contributed by atoms with Gasteiger partial charge in [-0.15, -0.1) is 0 Å². The van der Waals surface area contributed by atoms with Crippen molar-refractivity contribution in [1.82, 2.24) is 25.2 Å². The molecule has 9 heteroatoms. The summed E-state index contributed by atoms with van der Waals surface area (Å²) in [5.41, 5.74) is 5.07. The predicted molar refractivity (Wildman–Crippen MR) is 118 cm³/mol. The Balaban J connectivity index is 1.56. The molecule has 4 aromatic rings. The third-order valence-corrected chi connectivity index (χ3v) is 5.88. The zero-order chi connectivity index (χ0) is 22.4. The van der Waals surface area contributed by atoms with Crippen molar-refractivity contribution in [1.29, 1.82) is 0 Å². The fraction of sp³-hybridized carbons (Fsp3) is 0.125. The number of fused-ring (bicyclic) bond motifs is 3. The summed E-state index contributed by atoms with van der Waals surface area (Å²) in [7, 11) is 1.37. The topological polar surface area (TPSA) is 104 Å². The number of tetrazole rings is 1. The van der Waals surface area contributed by atoms with Crippen LogP contribution in [0.15, 0.2) is 78.6 Å². The highest BCUT2D eigenvalue weighted by molar-refractivity contribution is 5.89. The van der Waals surface area contributed by atoms with E-state index in [9.17, 15) is 4.79 Å². The molecule has 0 amide bonds. The number of pyridine rings is 1. The van der Waals surface area contributed by atoms with Crippen LogP contribution in [0.1, 0.15) is 39.2 Å². The Labute approximate surface area is 188 Å². The van der Waals surface area contributed by atoms with Crippen LogP contribution in [0.3, 0.4) is 0 Å². The molecule has 4 heterocycles. The molecule has 0 unspecified atom stereocenters. The lowest BCUT2D eigenvalue weighted by atomic mass is 9.85. The molecule has 0 saturated heterocycles. The molecule has 0 aliphatic carbocycles. The molecule has 1 N–H and O–H groups in total. The molecule has 0 saturated carbocycles. The fourth-order valence-electron chi connectivity index (χ4n) is 4.38. The molecule has 2 aromatic carbocycles. The maximum Gasteiger partial charge on any atom is 0.337 e. The smallest absolute Gasteiger partial charge is 0.337 e. The standard InChI is InChI=1S/C24H18N6O3/c1-32-23(31)15-10-8-14(9-11-15)22-19-20(17-6-2-3-7-18(17)33-22)26-24-27-28-29-30(24)21(19)16-5-4-12-25-13-16/h2-13,21-22H,1H3,(H,26,27,29)/t21-,22-/m1/s1. The van der Waals surface area contributed by atoms with E-state index in [4.69, 9.17) is 9.47 Å². The minimum atomic E-state index is -0.448. The van der Waals surface area contributed by atoms with Gasteiger partial charge in [0, 0.05) is 23.5 Å². The first-order chi connectivity index (χ1) is 16.2. The van der Waals surface area contributed by atoms with E-state index in [1.807, 2.05) is 54.7 Å². The number of carbonyl (C=O) groups is 1. The van der Waals surface area contributed by atoms with E-state index >= 15 is 0 Å². The first-order valence-electron chi connectivity index (χ1n) is 10.4. The summed E-state index contributed by atoms with van der Waals surface area (Å²) in [6.45, 7) is 0. The van der Waals surface area contributed by atoms with Crippen molar-refractivity contribution in [3.05, 3.63) is 101 Å². The van der Waals surface area contributed by atoms with E-state index in [1.165, 1.54) is 7.11 Å². The largest absolute Gasteiger partial charge is 0.480 e. The van der Waals surface area contributed by atoms with Gasteiger partial charge in [-0.05, 0) is 51.9 Å². The summed E-state index contributed by atoms with van der Waals surface area (Å²) < 4.78 is 13.1. The van der Waals surface area contributed by atoms with Crippen molar-refractivity contribution in [2.24, 2.45) is 0 Å². The molecule has 0 bridgehead atoms. The molecule has 2 atom stereocenters. The number of ether oxygens (including phenoxy) is 2. The van der Waals surface area contributed by atoms with E-state index in [-0.39, 0.29) is 12.0 Å². The molecule has 0 spiro atoms. The number of benzene rings is 2. The average molecular weight is 438 g/mol. The van der Waals surface area contributed by atoms with Gasteiger partial charge >= 0.3 is 5.97 Å². The molecule has 33 heavy (non-hydrogen) atoms. The maximum absolute atomic E-state index is 11.9. The van der Waals surface area contributed by atoms with Crippen LogP contribution in [0.4, 0.5) is 5.95 Å². The van der Waals surface area contributed by atoms with E-state index in [2.05, 4.69) is 25.8 Å². The van der Waals surface area contributed by atoms with Crippen molar-refractivity contribution in [2.75, 3.05) is 12.4 Å². The van der Waals surface area contributed by atoms with E-state index in [0.717, 1.165) is 33.7 Å². The minimum Gasteiger partial charge on any atom is -0.480 e. The van der Waals surface area contributed by atoms with Crippen LogP contribution in [0.25, 0.3) is 5.70 Å². The number of para-hydroxylation sites is 1. The van der Waals surface area contributed by atoms with E-state index in [1.54, 1.807) is 23.0 Å². The maximum atomic E-state index is 11.9. The highest BCUT2D eigenvalue weighted by Gasteiger charge is 2.41. The zero-order valence-corrected chi connectivity index (χ0v) is 17.5. The molecule has 2 aromatic heterocycles. The van der Waals surface area contributed by atoms with Gasteiger partial charge in [0.1, 0.15) is 17.9 Å². The number of methoxy groups -OCH3 is 1. The van der Waals surface area contributed by atoms with Crippen LogP contribution in [0.5, 0.6) is 5.75 Å². The lowest BCUT2D eigenvalue weighted by Gasteiger charge is -2.38. The molecule has 2 aliphatic heterocycles. The van der Waals surface area contributed by atoms with Crippen LogP contribution in [-0.4, -0.2) is 38.3 Å². The van der Waals surface area contributed by atoms with Crippen molar-refractivity contribution in [3.8, 4) is 5.75 Å². The molecule has 0 radical (unpaired) electrons. The number of rotatable bonds is 3. The highest BCUT2D eigenvalue weighted by atomic mass is 16.5. The molecular weight excluding hydrogens is 420 g/mol. The Morgan fingerprint density at radius 3 is 2.70 bits per heavy atom. The SMILES string of the molecule is COC(=O)c1ccc([C@H]2Oc3ccccc3C3=C2[C@@H](c2cccnc2)n2nnnc2N3)cc1. The third kappa shape index (κ3) is 3.05. The number of nitrogens with one attached hydrogen (secondary N) is 1. The Morgan fingerprint density at radius 2 is 1.91 bits per heavy atom. The van der Waals surface area contributed by atoms with Gasteiger partial charge in [0.05, 0.1) is 18.4 Å². The summed E-state index contributed by atoms with van der Waals surface area (Å²) in [5, 5.41) is 15.7. The molecule has 2 aliphatic rings. The van der Waals surface area contributed by atoms with Crippen molar-refractivity contribution >= 4 is 17.6 Å². The first kappa shape index (κ1) is 19.2. The van der Waals surface area contributed by atoms with Gasteiger partial charge in [0.2, 0.25) is 5.95 Å². The number of anilines is 1. The second kappa shape index (κ2) is 7.56. The lowest BCUT2D eigenvalue weighted by Crippen LogP contribution is -2.32. The number of hydrogen-bond donors (Lipinski definition) is 1. The van der Waals surface area contributed by atoms with Crippen LogP contribution >= 0.6 is 0 Å². The summed E-state index contributed by atoms with van der Waals surface area (Å²) in [6, 6.07) is 18.6. The number of aromatic nitrogens is 5. The monoisotopic (exact) mass is 438 g/mol. The van der Waals surface area contributed by atoms with Gasteiger partial charge in [0.15, 0.2) is 0 Å². The summed E-state index contributed by atoms with van der Waals surface area (Å²) in [4.78, 5) is 16.3. The Kier molecular flexibility index (Phi) is 4.39. The van der Waals surface area contributed by atoms with Gasteiger partial charge in [-0.25, -0.2) is 4.79 Å². The van der Waals surface area contributed by atoms with Crippen LogP contribution in [0, 0.1) is 0 Å². The first-order valence-corrected chi connectivity index (χ1v) is 10.4. The molecule has 162 valence electrons. The van der Waals surface area contributed by atoms with E-state index < -0.39 is 6.10 Å². The quantitative estimate of drug-likeness (QED) is 0.485. The van der Waals surface area contributed by atoms with E-state index in [0.29, 0.717) is 11.5 Å². The molecule has 0 fully saturated rings. The number of nitrogens with zero attached hydrogens (tertiary/aromatic N) is 5. The number of hydrogen-bond acceptors (Lipinski definition) is 8. The summed E-state index contributed by atoms with van der Waals surface area (Å²) in [6.07, 6.45) is 3.09. The highest BCUT2D eigenvalue weighted by Crippen LogP contribution is 2.50. The second-order valence-corrected chi connectivity index (χ2v) is 7.70.